The molecule has 1 aliphatic rings. The lowest BCUT2D eigenvalue weighted by molar-refractivity contribution is 0.482. The molecule has 0 atom stereocenters. The summed E-state index contributed by atoms with van der Waals surface area (Å²) in [6.07, 6.45) is 2.38. The van der Waals surface area contributed by atoms with Gasteiger partial charge in [-0.2, -0.15) is 0 Å². The van der Waals surface area contributed by atoms with Crippen molar-refractivity contribution in [2.75, 3.05) is 0 Å². The molecule has 1 heterocycles. The zero-order valence-electron chi connectivity index (χ0n) is 11.8. The molecular weight excluding hydrogens is 245 g/mol. The zero-order valence-corrected chi connectivity index (χ0v) is 11.8. The molecular formula is C17H16BNO. The monoisotopic (exact) mass is 261 g/mol. The minimum Gasteiger partial charge on any atom is -0.457 e. The van der Waals surface area contributed by atoms with Crippen molar-refractivity contribution >= 4 is 17.9 Å². The van der Waals surface area contributed by atoms with Crippen molar-refractivity contribution in [2.24, 2.45) is 0 Å². The van der Waals surface area contributed by atoms with E-state index in [0.29, 0.717) is 12.4 Å². The first-order valence-electron chi connectivity index (χ1n) is 6.96. The van der Waals surface area contributed by atoms with Gasteiger partial charge in [0.15, 0.2) is 12.4 Å². The normalized spacial score (nSPS) is 12.9. The van der Waals surface area contributed by atoms with Crippen molar-refractivity contribution in [3.05, 3.63) is 58.9 Å². The predicted molar refractivity (Wildman–Crippen MR) is 83.7 cm³/mol. The van der Waals surface area contributed by atoms with Crippen LogP contribution >= 0.6 is 0 Å². The Balaban J connectivity index is 1.85. The summed E-state index contributed by atoms with van der Waals surface area (Å²) in [5, 5.41) is 0. The van der Waals surface area contributed by atoms with Crippen molar-refractivity contribution in [3.8, 4) is 11.5 Å². The largest absolute Gasteiger partial charge is 0.457 e. The average Bonchev–Trinajstić information content (AvgIpc) is 2.80. The fourth-order valence-corrected chi connectivity index (χ4v) is 2.82. The molecule has 3 rings (SSSR count). The fraction of sp³-hybridized carbons (Fsp3) is 0.235. The van der Waals surface area contributed by atoms with Crippen LogP contribution in [0.2, 0.25) is 13.1 Å². The first-order chi connectivity index (χ1) is 9.67. The SMILES string of the molecule is [C-]#[N+]c1ccc(Oc2ccc3c(c2)CCB3C)cc1C. The molecule has 98 valence electrons. The second-order valence-corrected chi connectivity index (χ2v) is 5.46. The Kier molecular flexibility index (Phi) is 3.24. The molecule has 2 aromatic rings. The second-order valence-electron chi connectivity index (χ2n) is 5.46. The Bertz CT molecular complexity index is 703. The molecule has 3 heteroatoms. The minimum absolute atomic E-state index is 0.666. The highest BCUT2D eigenvalue weighted by molar-refractivity contribution is 6.73. The average molecular weight is 261 g/mol. The Morgan fingerprint density at radius 2 is 1.90 bits per heavy atom. The zero-order chi connectivity index (χ0) is 14.1. The molecule has 0 saturated heterocycles. The molecule has 2 aromatic carbocycles. The van der Waals surface area contributed by atoms with Crippen LogP contribution in [0.1, 0.15) is 11.1 Å². The number of hydrogen-bond acceptors (Lipinski definition) is 1. The standard InChI is InChI=1S/C17H16BNO/c1-12-10-14(5-7-17(12)19-3)20-15-4-6-16-13(11-15)8-9-18(16)2/h4-7,10-11H,8-9H2,1-2H3. The molecule has 2 nitrogen and oxygen atoms in total. The van der Waals surface area contributed by atoms with Crippen molar-refractivity contribution in [1.29, 1.82) is 0 Å². The number of ether oxygens (including phenoxy) is 1. The van der Waals surface area contributed by atoms with Gasteiger partial charge in [0.1, 0.15) is 11.5 Å². The van der Waals surface area contributed by atoms with E-state index in [-0.39, 0.29) is 0 Å². The smallest absolute Gasteiger partial charge is 0.190 e. The maximum absolute atomic E-state index is 7.06. The number of benzene rings is 2. The number of aryl methyl sites for hydroxylation is 2. The highest BCUT2D eigenvalue weighted by Gasteiger charge is 2.21. The topological polar surface area (TPSA) is 13.6 Å². The summed E-state index contributed by atoms with van der Waals surface area (Å²) in [5.41, 5.74) is 4.49. The van der Waals surface area contributed by atoms with Crippen LogP contribution in [0.3, 0.4) is 0 Å². The van der Waals surface area contributed by atoms with Gasteiger partial charge in [0.25, 0.3) is 0 Å². The summed E-state index contributed by atoms with van der Waals surface area (Å²) in [7, 11) is 0. The van der Waals surface area contributed by atoms with Crippen LogP contribution in [-0.4, -0.2) is 6.71 Å². The van der Waals surface area contributed by atoms with E-state index < -0.39 is 0 Å². The number of fused-ring (bicyclic) bond motifs is 1. The third kappa shape index (κ3) is 2.30. The fourth-order valence-electron chi connectivity index (χ4n) is 2.82. The van der Waals surface area contributed by atoms with Gasteiger partial charge in [-0.05, 0) is 43.2 Å². The molecule has 0 amide bonds. The van der Waals surface area contributed by atoms with Gasteiger partial charge in [-0.3, -0.25) is 0 Å². The maximum Gasteiger partial charge on any atom is 0.190 e. The van der Waals surface area contributed by atoms with Crippen LogP contribution in [0.15, 0.2) is 36.4 Å². The molecule has 20 heavy (non-hydrogen) atoms. The summed E-state index contributed by atoms with van der Waals surface area (Å²) in [6.45, 7) is 11.9. The number of hydrogen-bond donors (Lipinski definition) is 0. The highest BCUT2D eigenvalue weighted by atomic mass is 16.5. The molecule has 0 spiro atoms. The van der Waals surface area contributed by atoms with Gasteiger partial charge in [-0.1, -0.05) is 36.3 Å². The van der Waals surface area contributed by atoms with Gasteiger partial charge in [-0.25, -0.2) is 4.85 Å². The molecule has 0 bridgehead atoms. The Morgan fingerprint density at radius 3 is 2.65 bits per heavy atom. The summed E-state index contributed by atoms with van der Waals surface area (Å²) in [6, 6.07) is 12.0. The molecule has 0 unspecified atom stereocenters. The van der Waals surface area contributed by atoms with Crippen LogP contribution in [0.4, 0.5) is 5.69 Å². The van der Waals surface area contributed by atoms with E-state index in [4.69, 9.17) is 11.3 Å². The third-order valence-electron chi connectivity index (χ3n) is 4.02. The summed E-state index contributed by atoms with van der Waals surface area (Å²) < 4.78 is 5.92. The Labute approximate surface area is 120 Å². The Hall–Kier alpha value is -2.21. The van der Waals surface area contributed by atoms with Crippen LogP contribution in [0.5, 0.6) is 11.5 Å². The highest BCUT2D eigenvalue weighted by Crippen LogP contribution is 2.28. The third-order valence-corrected chi connectivity index (χ3v) is 4.02. The van der Waals surface area contributed by atoms with Gasteiger partial charge in [-0.15, -0.1) is 0 Å². The van der Waals surface area contributed by atoms with Crippen LogP contribution in [0.25, 0.3) is 4.85 Å². The first-order valence-corrected chi connectivity index (χ1v) is 6.96. The summed E-state index contributed by atoms with van der Waals surface area (Å²) >= 11 is 0. The van der Waals surface area contributed by atoms with Crippen LogP contribution in [-0.2, 0) is 6.42 Å². The molecule has 0 radical (unpaired) electrons. The number of rotatable bonds is 2. The van der Waals surface area contributed by atoms with E-state index in [9.17, 15) is 0 Å². The Morgan fingerprint density at radius 1 is 1.15 bits per heavy atom. The van der Waals surface area contributed by atoms with Crippen LogP contribution < -0.4 is 10.2 Å². The predicted octanol–water partition coefficient (Wildman–Crippen LogP) is 4.23. The van der Waals surface area contributed by atoms with Crippen LogP contribution in [0, 0.1) is 13.5 Å². The van der Waals surface area contributed by atoms with E-state index in [1.165, 1.54) is 17.3 Å². The van der Waals surface area contributed by atoms with Gasteiger partial charge < -0.3 is 4.74 Å². The summed E-state index contributed by atoms with van der Waals surface area (Å²) in [5.74, 6) is 1.67. The van der Waals surface area contributed by atoms with E-state index >= 15 is 0 Å². The summed E-state index contributed by atoms with van der Waals surface area (Å²) in [4.78, 5) is 3.47. The van der Waals surface area contributed by atoms with Crippen molar-refractivity contribution in [3.63, 3.8) is 0 Å². The van der Waals surface area contributed by atoms with E-state index in [0.717, 1.165) is 23.5 Å². The van der Waals surface area contributed by atoms with E-state index in [2.05, 4.69) is 23.8 Å². The lowest BCUT2D eigenvalue weighted by atomic mass is 9.48. The molecule has 0 aliphatic carbocycles. The molecule has 1 aliphatic heterocycles. The lowest BCUT2D eigenvalue weighted by Crippen LogP contribution is -2.21. The van der Waals surface area contributed by atoms with Gasteiger partial charge in [0, 0.05) is 0 Å². The van der Waals surface area contributed by atoms with Crippen molar-refractivity contribution in [2.45, 2.75) is 26.5 Å². The lowest BCUT2D eigenvalue weighted by Gasteiger charge is -2.09. The van der Waals surface area contributed by atoms with Crippen molar-refractivity contribution < 1.29 is 4.74 Å². The van der Waals surface area contributed by atoms with Gasteiger partial charge in [0.05, 0.1) is 6.57 Å². The quantitative estimate of drug-likeness (QED) is 0.582. The number of nitrogens with zero attached hydrogens (tertiary/aromatic N) is 1. The molecule has 0 saturated carbocycles. The van der Waals surface area contributed by atoms with Gasteiger partial charge in [0.2, 0.25) is 0 Å². The van der Waals surface area contributed by atoms with Gasteiger partial charge >= 0.3 is 0 Å². The first kappa shape index (κ1) is 12.8. The van der Waals surface area contributed by atoms with E-state index in [1.54, 1.807) is 0 Å². The molecule has 0 aromatic heterocycles. The molecule has 0 fully saturated rings. The maximum atomic E-state index is 7.06. The molecule has 0 N–H and O–H groups in total. The second kappa shape index (κ2) is 5.05. The van der Waals surface area contributed by atoms with E-state index in [1.807, 2.05) is 31.2 Å². The van der Waals surface area contributed by atoms with Crippen molar-refractivity contribution in [1.82, 2.24) is 0 Å². The minimum atomic E-state index is 0.666.